The van der Waals surface area contributed by atoms with E-state index in [-0.39, 0.29) is 30.7 Å². The van der Waals surface area contributed by atoms with E-state index in [1.54, 1.807) is 4.90 Å². The van der Waals surface area contributed by atoms with E-state index in [1.807, 2.05) is 13.8 Å². The van der Waals surface area contributed by atoms with Gasteiger partial charge in [0.2, 0.25) is 0 Å². The summed E-state index contributed by atoms with van der Waals surface area (Å²) in [4.78, 5) is 27.0. The van der Waals surface area contributed by atoms with Crippen molar-refractivity contribution in [2.24, 2.45) is 17.3 Å². The second-order valence-corrected chi connectivity index (χ2v) is 9.10. The number of esters is 1. The molecule has 0 spiro atoms. The molecule has 0 unspecified atom stereocenters. The molecule has 0 aromatic carbocycles. The zero-order valence-corrected chi connectivity index (χ0v) is 15.2. The smallest absolute Gasteiger partial charge is 0.312 e. The van der Waals surface area contributed by atoms with E-state index in [4.69, 9.17) is 9.47 Å². The van der Waals surface area contributed by atoms with Crippen LogP contribution in [0.5, 0.6) is 0 Å². The molecule has 4 atom stereocenters. The number of hydrogen-bond acceptors (Lipinski definition) is 5. The van der Waals surface area contributed by atoms with Crippen molar-refractivity contribution in [3.8, 4) is 0 Å². The predicted molar refractivity (Wildman–Crippen MR) is 89.6 cm³/mol. The van der Waals surface area contributed by atoms with Gasteiger partial charge in [-0.3, -0.25) is 9.59 Å². The van der Waals surface area contributed by atoms with Gasteiger partial charge < -0.3 is 19.5 Å². The maximum Gasteiger partial charge on any atom is 0.312 e. The van der Waals surface area contributed by atoms with Crippen LogP contribution in [-0.2, 0) is 19.1 Å². The molecule has 4 aliphatic carbocycles. The van der Waals surface area contributed by atoms with Gasteiger partial charge in [0.05, 0.1) is 23.2 Å². The quantitative estimate of drug-likeness (QED) is 0.780. The van der Waals surface area contributed by atoms with E-state index in [9.17, 15) is 14.7 Å². The molecule has 1 aliphatic heterocycles. The number of ether oxygens (including phenoxy) is 2. The zero-order chi connectivity index (χ0) is 17.8. The van der Waals surface area contributed by atoms with Crippen LogP contribution in [-0.4, -0.2) is 59.4 Å². The number of aliphatic hydroxyl groups is 1. The van der Waals surface area contributed by atoms with Crippen molar-refractivity contribution in [1.29, 1.82) is 0 Å². The molecule has 140 valence electrons. The fourth-order valence-corrected chi connectivity index (χ4v) is 6.21. The summed E-state index contributed by atoms with van der Waals surface area (Å²) < 4.78 is 11.1. The SMILES string of the molecule is C[C@H]1CN(C(=O)COC(=O)C23C[C@H]4C[C@@H](CC(O)(C4)C2)C3)C[C@H](C)O1. The van der Waals surface area contributed by atoms with Crippen LogP contribution in [0.2, 0.25) is 0 Å². The minimum absolute atomic E-state index is 0.000743. The zero-order valence-electron chi connectivity index (χ0n) is 15.2. The van der Waals surface area contributed by atoms with Crippen molar-refractivity contribution in [2.75, 3.05) is 19.7 Å². The highest BCUT2D eigenvalue weighted by Crippen LogP contribution is 2.61. The van der Waals surface area contributed by atoms with Crippen molar-refractivity contribution in [1.82, 2.24) is 4.90 Å². The van der Waals surface area contributed by atoms with Gasteiger partial charge in [0.15, 0.2) is 6.61 Å². The average Bonchev–Trinajstić information content (AvgIpc) is 2.48. The third-order valence-corrected chi connectivity index (χ3v) is 6.56. The second kappa shape index (κ2) is 5.95. The van der Waals surface area contributed by atoms with Crippen molar-refractivity contribution >= 4 is 11.9 Å². The first-order valence-electron chi connectivity index (χ1n) is 9.60. The predicted octanol–water partition coefficient (Wildman–Crippen LogP) is 1.50. The Morgan fingerprint density at radius 2 is 1.72 bits per heavy atom. The van der Waals surface area contributed by atoms with Crippen LogP contribution < -0.4 is 0 Å². The third-order valence-electron chi connectivity index (χ3n) is 6.56. The molecule has 6 heteroatoms. The van der Waals surface area contributed by atoms with Crippen molar-refractivity contribution in [3.05, 3.63) is 0 Å². The van der Waals surface area contributed by atoms with Crippen LogP contribution in [0.3, 0.4) is 0 Å². The van der Waals surface area contributed by atoms with Crippen molar-refractivity contribution in [3.63, 3.8) is 0 Å². The lowest BCUT2D eigenvalue weighted by molar-refractivity contribution is -0.197. The second-order valence-electron chi connectivity index (χ2n) is 9.10. The molecule has 5 aliphatic rings. The highest BCUT2D eigenvalue weighted by atomic mass is 16.5. The van der Waals surface area contributed by atoms with Gasteiger partial charge in [-0.25, -0.2) is 0 Å². The van der Waals surface area contributed by atoms with Crippen LogP contribution in [0.4, 0.5) is 0 Å². The molecule has 0 radical (unpaired) electrons. The lowest BCUT2D eigenvalue weighted by atomic mass is 9.48. The first kappa shape index (κ1) is 17.3. The Morgan fingerprint density at radius 3 is 2.28 bits per heavy atom. The van der Waals surface area contributed by atoms with Crippen LogP contribution in [0.15, 0.2) is 0 Å². The van der Waals surface area contributed by atoms with Crippen LogP contribution in [0.25, 0.3) is 0 Å². The summed E-state index contributed by atoms with van der Waals surface area (Å²) >= 11 is 0. The summed E-state index contributed by atoms with van der Waals surface area (Å²) in [5.74, 6) is 0.424. The molecule has 5 fully saturated rings. The minimum Gasteiger partial charge on any atom is -0.455 e. The van der Waals surface area contributed by atoms with Gasteiger partial charge in [0.1, 0.15) is 0 Å². The van der Waals surface area contributed by atoms with Crippen LogP contribution in [0, 0.1) is 17.3 Å². The maximum absolute atomic E-state index is 12.8. The molecule has 4 saturated carbocycles. The number of hydrogen-bond donors (Lipinski definition) is 1. The summed E-state index contributed by atoms with van der Waals surface area (Å²) in [6, 6.07) is 0. The molecule has 1 saturated heterocycles. The topological polar surface area (TPSA) is 76.1 Å². The molecule has 0 aromatic rings. The number of carbonyl (C=O) groups is 2. The number of carbonyl (C=O) groups excluding carboxylic acids is 2. The first-order valence-corrected chi connectivity index (χ1v) is 9.60. The largest absolute Gasteiger partial charge is 0.455 e. The maximum atomic E-state index is 12.8. The van der Waals surface area contributed by atoms with Gasteiger partial charge >= 0.3 is 5.97 Å². The molecule has 1 amide bonds. The standard InChI is InChI=1S/C19H29NO5/c1-12-8-20(9-13(2)25-12)16(21)10-24-17(22)18-4-14-3-15(5-18)7-19(23,6-14)11-18/h12-15,23H,3-11H2,1-2H3/t12-,13-,14+,15+,18?,19?/m0/s1. The summed E-state index contributed by atoms with van der Waals surface area (Å²) in [6.45, 7) is 4.76. The van der Waals surface area contributed by atoms with Gasteiger partial charge in [-0.15, -0.1) is 0 Å². The Hall–Kier alpha value is -1.14. The Labute approximate surface area is 148 Å². The summed E-state index contributed by atoms with van der Waals surface area (Å²) in [6.07, 6.45) is 4.89. The molecule has 4 bridgehead atoms. The Bertz CT molecular complexity index is 552. The van der Waals surface area contributed by atoms with E-state index in [0.717, 1.165) is 32.1 Å². The first-order chi connectivity index (χ1) is 11.8. The molecule has 25 heavy (non-hydrogen) atoms. The number of rotatable bonds is 3. The fourth-order valence-electron chi connectivity index (χ4n) is 6.21. The molecule has 1 heterocycles. The lowest BCUT2D eigenvalue weighted by Gasteiger charge is -2.58. The fraction of sp³-hybridized carbons (Fsp3) is 0.895. The minimum atomic E-state index is -0.692. The number of nitrogens with zero attached hydrogens (tertiary/aromatic N) is 1. The van der Waals surface area contributed by atoms with Gasteiger partial charge in [-0.05, 0) is 64.2 Å². The highest BCUT2D eigenvalue weighted by Gasteiger charge is 2.60. The Morgan fingerprint density at radius 1 is 1.12 bits per heavy atom. The summed E-state index contributed by atoms with van der Waals surface area (Å²) in [5.41, 5.74) is -1.26. The Kier molecular flexibility index (Phi) is 4.11. The normalized spacial score (nSPS) is 45.5. The lowest BCUT2D eigenvalue weighted by Crippen LogP contribution is -2.58. The number of amides is 1. The molecule has 5 rings (SSSR count). The van der Waals surface area contributed by atoms with Gasteiger partial charge in [0.25, 0.3) is 5.91 Å². The van der Waals surface area contributed by atoms with Crippen molar-refractivity contribution < 1.29 is 24.2 Å². The van der Waals surface area contributed by atoms with Crippen LogP contribution >= 0.6 is 0 Å². The van der Waals surface area contributed by atoms with Gasteiger partial charge in [-0.1, -0.05) is 0 Å². The third kappa shape index (κ3) is 3.19. The highest BCUT2D eigenvalue weighted by molar-refractivity contribution is 5.83. The monoisotopic (exact) mass is 351 g/mol. The summed E-state index contributed by atoms with van der Waals surface area (Å²) in [7, 11) is 0. The molecular formula is C19H29NO5. The molecule has 0 aromatic heterocycles. The molecular weight excluding hydrogens is 322 g/mol. The van der Waals surface area contributed by atoms with Gasteiger partial charge in [-0.2, -0.15) is 0 Å². The van der Waals surface area contributed by atoms with Crippen LogP contribution in [0.1, 0.15) is 52.4 Å². The number of morpholine rings is 1. The van der Waals surface area contributed by atoms with E-state index >= 15 is 0 Å². The van der Waals surface area contributed by atoms with E-state index in [1.165, 1.54) is 0 Å². The van der Waals surface area contributed by atoms with E-state index in [0.29, 0.717) is 31.3 Å². The van der Waals surface area contributed by atoms with E-state index < -0.39 is 11.0 Å². The molecule has 6 nitrogen and oxygen atoms in total. The molecule has 1 N–H and O–H groups in total. The van der Waals surface area contributed by atoms with E-state index in [2.05, 4.69) is 0 Å². The summed E-state index contributed by atoms with van der Waals surface area (Å²) in [5, 5.41) is 10.8. The Balaban J connectivity index is 1.37. The average molecular weight is 351 g/mol. The van der Waals surface area contributed by atoms with Crippen molar-refractivity contribution in [2.45, 2.75) is 70.2 Å². The van der Waals surface area contributed by atoms with Gasteiger partial charge in [0, 0.05) is 13.1 Å².